The zero-order valence-corrected chi connectivity index (χ0v) is 13.6. The number of carbonyl (C=O) groups is 1. The minimum atomic E-state index is -3.00. The van der Waals surface area contributed by atoms with Crippen molar-refractivity contribution in [1.82, 2.24) is 9.88 Å². The van der Waals surface area contributed by atoms with Gasteiger partial charge in [-0.3, -0.25) is 4.79 Å². The van der Waals surface area contributed by atoms with E-state index in [1.165, 1.54) is 0 Å². The van der Waals surface area contributed by atoms with Crippen LogP contribution in [0.4, 0.5) is 5.82 Å². The number of pyridine rings is 1. The summed E-state index contributed by atoms with van der Waals surface area (Å²) in [7, 11) is -1.18. The smallest absolute Gasteiger partial charge is 0.226 e. The number of carbonyl (C=O) groups excluding carboxylic acids is 1. The number of anilines is 1. The molecule has 0 fully saturated rings. The fourth-order valence-corrected chi connectivity index (χ4v) is 2.98. The molecule has 0 spiro atoms. The molecule has 0 bridgehead atoms. The largest absolute Gasteiger partial charge is 0.311 e. The standard InChI is InChI=1S/C14H23N3O3S/c1-4-21(19,20)11-12(2)17(3)10-8-14(18)16-13-7-5-6-9-15-13/h5-7,9,12H,4,8,10-11H2,1-3H3,(H,15,16,18). The van der Waals surface area contributed by atoms with Gasteiger partial charge in [0.2, 0.25) is 5.91 Å². The third-order valence-corrected chi connectivity index (χ3v) is 5.18. The fourth-order valence-electron chi connectivity index (χ4n) is 1.75. The number of rotatable bonds is 8. The Balaban J connectivity index is 2.38. The summed E-state index contributed by atoms with van der Waals surface area (Å²) in [4.78, 5) is 17.7. The first-order valence-corrected chi connectivity index (χ1v) is 8.77. The average Bonchev–Trinajstić information content (AvgIpc) is 2.45. The Morgan fingerprint density at radius 1 is 1.43 bits per heavy atom. The third kappa shape index (κ3) is 6.68. The van der Waals surface area contributed by atoms with E-state index in [0.717, 1.165) is 0 Å². The lowest BCUT2D eigenvalue weighted by Crippen LogP contribution is -2.37. The summed E-state index contributed by atoms with van der Waals surface area (Å²) in [5.41, 5.74) is 0. The zero-order chi connectivity index (χ0) is 15.9. The van der Waals surface area contributed by atoms with Gasteiger partial charge in [0.1, 0.15) is 5.82 Å². The van der Waals surface area contributed by atoms with Crippen LogP contribution in [-0.2, 0) is 14.6 Å². The van der Waals surface area contributed by atoms with E-state index in [4.69, 9.17) is 0 Å². The van der Waals surface area contributed by atoms with Gasteiger partial charge in [0.05, 0.1) is 5.75 Å². The molecule has 0 aliphatic rings. The predicted octanol–water partition coefficient (Wildman–Crippen LogP) is 1.17. The van der Waals surface area contributed by atoms with Gasteiger partial charge in [-0.15, -0.1) is 0 Å². The highest BCUT2D eigenvalue weighted by Crippen LogP contribution is 2.04. The second kappa shape index (κ2) is 8.09. The summed E-state index contributed by atoms with van der Waals surface area (Å²) in [6.45, 7) is 3.99. The number of sulfone groups is 1. The Morgan fingerprint density at radius 2 is 2.14 bits per heavy atom. The molecule has 0 aliphatic carbocycles. The van der Waals surface area contributed by atoms with Crippen LogP contribution in [-0.4, -0.2) is 55.3 Å². The molecule has 0 aromatic carbocycles. The van der Waals surface area contributed by atoms with Gasteiger partial charge in [-0.2, -0.15) is 0 Å². The third-order valence-electron chi connectivity index (χ3n) is 3.31. The molecule has 21 heavy (non-hydrogen) atoms. The molecular formula is C14H23N3O3S. The van der Waals surface area contributed by atoms with Crippen molar-refractivity contribution in [3.05, 3.63) is 24.4 Å². The van der Waals surface area contributed by atoms with Crippen LogP contribution in [0.1, 0.15) is 20.3 Å². The van der Waals surface area contributed by atoms with Gasteiger partial charge in [0.15, 0.2) is 9.84 Å². The second-order valence-electron chi connectivity index (χ2n) is 5.04. The summed E-state index contributed by atoms with van der Waals surface area (Å²) in [6.07, 6.45) is 1.91. The van der Waals surface area contributed by atoms with E-state index in [0.29, 0.717) is 18.8 Å². The van der Waals surface area contributed by atoms with Crippen LogP contribution >= 0.6 is 0 Å². The first kappa shape index (κ1) is 17.6. The van der Waals surface area contributed by atoms with Gasteiger partial charge in [0.25, 0.3) is 0 Å². The van der Waals surface area contributed by atoms with Crippen LogP contribution in [0.5, 0.6) is 0 Å². The van der Waals surface area contributed by atoms with Crippen molar-refractivity contribution in [2.24, 2.45) is 0 Å². The molecule has 1 rings (SSSR count). The van der Waals surface area contributed by atoms with Crippen molar-refractivity contribution >= 4 is 21.6 Å². The molecule has 0 aliphatic heterocycles. The minimum absolute atomic E-state index is 0.113. The van der Waals surface area contributed by atoms with Crippen molar-refractivity contribution in [2.75, 3.05) is 30.4 Å². The second-order valence-corrected chi connectivity index (χ2v) is 7.44. The Bertz CT molecular complexity index is 546. The highest BCUT2D eigenvalue weighted by molar-refractivity contribution is 7.91. The normalized spacial score (nSPS) is 13.1. The summed E-state index contributed by atoms with van der Waals surface area (Å²) >= 11 is 0. The zero-order valence-electron chi connectivity index (χ0n) is 12.7. The van der Waals surface area contributed by atoms with E-state index in [1.54, 1.807) is 31.3 Å². The van der Waals surface area contributed by atoms with Crippen LogP contribution in [0, 0.1) is 0 Å². The fraction of sp³-hybridized carbons (Fsp3) is 0.571. The Labute approximate surface area is 126 Å². The number of nitrogens with zero attached hydrogens (tertiary/aromatic N) is 2. The van der Waals surface area contributed by atoms with Crippen LogP contribution in [0.15, 0.2) is 24.4 Å². The maximum absolute atomic E-state index is 11.8. The highest BCUT2D eigenvalue weighted by atomic mass is 32.2. The van der Waals surface area contributed by atoms with E-state index in [1.807, 2.05) is 18.9 Å². The lowest BCUT2D eigenvalue weighted by molar-refractivity contribution is -0.116. The first-order valence-electron chi connectivity index (χ1n) is 6.95. The predicted molar refractivity (Wildman–Crippen MR) is 83.9 cm³/mol. The van der Waals surface area contributed by atoms with Crippen LogP contribution in [0.25, 0.3) is 0 Å². The first-order chi connectivity index (χ1) is 9.84. The van der Waals surface area contributed by atoms with Crippen molar-refractivity contribution in [2.45, 2.75) is 26.3 Å². The molecule has 1 atom stereocenters. The summed E-state index contributed by atoms with van der Waals surface area (Å²) in [5.74, 6) is 0.644. The van der Waals surface area contributed by atoms with E-state index in [2.05, 4.69) is 10.3 Å². The van der Waals surface area contributed by atoms with Crippen LogP contribution < -0.4 is 5.32 Å². The van der Waals surface area contributed by atoms with Gasteiger partial charge in [0, 0.05) is 31.0 Å². The van der Waals surface area contributed by atoms with E-state index in [-0.39, 0.29) is 23.5 Å². The molecule has 1 unspecified atom stereocenters. The highest BCUT2D eigenvalue weighted by Gasteiger charge is 2.18. The molecule has 0 radical (unpaired) electrons. The summed E-state index contributed by atoms with van der Waals surface area (Å²) < 4.78 is 23.2. The number of aromatic nitrogens is 1. The molecular weight excluding hydrogens is 290 g/mol. The Morgan fingerprint density at radius 3 is 2.71 bits per heavy atom. The monoisotopic (exact) mass is 313 g/mol. The van der Waals surface area contributed by atoms with Gasteiger partial charge >= 0.3 is 0 Å². The van der Waals surface area contributed by atoms with E-state index < -0.39 is 9.84 Å². The Hall–Kier alpha value is -1.47. The molecule has 6 nitrogen and oxygen atoms in total. The maximum atomic E-state index is 11.8. The van der Waals surface area contributed by atoms with E-state index in [9.17, 15) is 13.2 Å². The number of amides is 1. The van der Waals surface area contributed by atoms with Crippen molar-refractivity contribution < 1.29 is 13.2 Å². The maximum Gasteiger partial charge on any atom is 0.226 e. The molecule has 1 aromatic rings. The molecule has 1 N–H and O–H groups in total. The Kier molecular flexibility index (Phi) is 6.77. The summed E-state index contributed by atoms with van der Waals surface area (Å²) in [6, 6.07) is 5.18. The van der Waals surface area contributed by atoms with E-state index >= 15 is 0 Å². The summed E-state index contributed by atoms with van der Waals surface area (Å²) in [5, 5.41) is 2.70. The van der Waals surface area contributed by atoms with Crippen molar-refractivity contribution in [3.63, 3.8) is 0 Å². The van der Waals surface area contributed by atoms with Gasteiger partial charge in [-0.25, -0.2) is 13.4 Å². The molecule has 0 saturated carbocycles. The minimum Gasteiger partial charge on any atom is -0.311 e. The molecule has 0 saturated heterocycles. The van der Waals surface area contributed by atoms with Crippen molar-refractivity contribution in [1.29, 1.82) is 0 Å². The average molecular weight is 313 g/mol. The lowest BCUT2D eigenvalue weighted by atomic mass is 10.3. The molecule has 1 aromatic heterocycles. The van der Waals surface area contributed by atoms with Gasteiger partial charge in [-0.1, -0.05) is 13.0 Å². The number of hydrogen-bond donors (Lipinski definition) is 1. The molecule has 1 heterocycles. The SMILES string of the molecule is CCS(=O)(=O)CC(C)N(C)CCC(=O)Nc1ccccn1. The number of nitrogens with one attached hydrogen (secondary N) is 1. The van der Waals surface area contributed by atoms with Gasteiger partial charge in [-0.05, 0) is 26.1 Å². The number of hydrogen-bond acceptors (Lipinski definition) is 5. The topological polar surface area (TPSA) is 79.4 Å². The quantitative estimate of drug-likeness (QED) is 0.779. The van der Waals surface area contributed by atoms with Crippen molar-refractivity contribution in [3.8, 4) is 0 Å². The molecule has 7 heteroatoms. The molecule has 118 valence electrons. The van der Waals surface area contributed by atoms with Crippen LogP contribution in [0.3, 0.4) is 0 Å². The molecule has 1 amide bonds. The van der Waals surface area contributed by atoms with Crippen LogP contribution in [0.2, 0.25) is 0 Å². The van der Waals surface area contributed by atoms with Gasteiger partial charge < -0.3 is 10.2 Å². The lowest BCUT2D eigenvalue weighted by Gasteiger charge is -2.24.